The normalized spacial score (nSPS) is 22.8. The molecule has 0 saturated carbocycles. The number of unbranched alkanes of at least 4 members (excludes halogenated alkanes) is 1. The largest absolute Gasteiger partial charge is 0.394 e. The predicted molar refractivity (Wildman–Crippen MR) is 272 cm³/mol. The van der Waals surface area contributed by atoms with Crippen LogP contribution >= 0.6 is 21.6 Å². The van der Waals surface area contributed by atoms with Gasteiger partial charge < -0.3 is 69.0 Å². The van der Waals surface area contributed by atoms with Crippen LogP contribution in [0.2, 0.25) is 0 Å². The van der Waals surface area contributed by atoms with E-state index in [1.165, 1.54) is 13.8 Å². The van der Waals surface area contributed by atoms with E-state index < -0.39 is 108 Å². The molecule has 71 heavy (non-hydrogen) atoms. The van der Waals surface area contributed by atoms with Gasteiger partial charge in [-0.3, -0.25) is 33.6 Å². The van der Waals surface area contributed by atoms with E-state index >= 15 is 0 Å². The quantitative estimate of drug-likeness (QED) is 0.0455. The summed E-state index contributed by atoms with van der Waals surface area (Å²) in [5.74, 6) is -6.01. The Labute approximate surface area is 420 Å². The Morgan fingerprint density at radius 2 is 1.31 bits per heavy atom. The molecule has 3 aromatic carbocycles. The first-order valence-corrected chi connectivity index (χ1v) is 26.0. The minimum absolute atomic E-state index is 0.0340. The van der Waals surface area contributed by atoms with Gasteiger partial charge in [0.15, 0.2) is 0 Å². The van der Waals surface area contributed by atoms with Gasteiger partial charge in [-0.25, -0.2) is 0 Å². The monoisotopic (exact) mass is 1020 g/mol. The van der Waals surface area contributed by atoms with Crippen molar-refractivity contribution in [2.24, 2.45) is 11.5 Å². The Morgan fingerprint density at radius 1 is 0.718 bits per heavy atom. The van der Waals surface area contributed by atoms with Gasteiger partial charge in [-0.2, -0.15) is 0 Å². The maximum atomic E-state index is 14.7. The molecule has 5 unspecified atom stereocenters. The topological polar surface area (TPSA) is 332 Å². The summed E-state index contributed by atoms with van der Waals surface area (Å²) in [5.41, 5.74) is 15.0. The average molecular weight is 1020 g/mol. The maximum Gasteiger partial charge on any atom is 0.245 e. The molecule has 2 heterocycles. The number of hydrogen-bond acceptors (Lipinski definition) is 14. The van der Waals surface area contributed by atoms with Gasteiger partial charge in [0.05, 0.1) is 30.9 Å². The Hall–Kier alpha value is -6.01. The summed E-state index contributed by atoms with van der Waals surface area (Å²) in [4.78, 5) is 103. The van der Waals surface area contributed by atoms with Gasteiger partial charge in [-0.05, 0) is 68.8 Å². The van der Waals surface area contributed by atoms with Crippen molar-refractivity contribution >= 4 is 73.8 Å². The van der Waals surface area contributed by atoms with Crippen LogP contribution < -0.4 is 48.7 Å². The highest BCUT2D eigenvalue weighted by Crippen LogP contribution is 2.24. The van der Waals surface area contributed by atoms with E-state index in [9.17, 15) is 48.9 Å². The summed E-state index contributed by atoms with van der Waals surface area (Å²) >= 11 is 0. The predicted octanol–water partition coefficient (Wildman–Crippen LogP) is -0.805. The fourth-order valence-corrected chi connectivity index (χ4v) is 10.1. The lowest BCUT2D eigenvalue weighted by molar-refractivity contribution is -0.136. The van der Waals surface area contributed by atoms with E-state index in [-0.39, 0.29) is 43.7 Å². The first kappa shape index (κ1) is 55.9. The van der Waals surface area contributed by atoms with Gasteiger partial charge in [0.25, 0.3) is 0 Å². The third-order valence-corrected chi connectivity index (χ3v) is 14.3. The van der Waals surface area contributed by atoms with Crippen LogP contribution in [-0.2, 0) is 52.8 Å². The number of aliphatic hydroxyl groups is 3. The molecular formula is C49H66N10O10S2. The van der Waals surface area contributed by atoms with Crippen LogP contribution in [0, 0.1) is 0 Å². The van der Waals surface area contributed by atoms with Crippen LogP contribution in [0.15, 0.2) is 91.1 Å². The van der Waals surface area contributed by atoms with Crippen molar-refractivity contribution in [2.45, 2.75) is 113 Å². The van der Waals surface area contributed by atoms with Crippen LogP contribution in [0.3, 0.4) is 0 Å². The number of H-pyrrole nitrogens is 1. The van der Waals surface area contributed by atoms with Crippen molar-refractivity contribution in [1.82, 2.24) is 42.2 Å². The van der Waals surface area contributed by atoms with Crippen LogP contribution in [0.25, 0.3) is 10.9 Å². The molecule has 0 spiro atoms. The minimum atomic E-state index is -1.66. The first-order valence-electron chi connectivity index (χ1n) is 23.5. The number of aliphatic hydroxyl groups excluding tert-OH is 3. The van der Waals surface area contributed by atoms with Crippen LogP contribution in [0.5, 0.6) is 0 Å². The molecule has 0 aliphatic carbocycles. The number of nitrogens with two attached hydrogens (primary N) is 2. The third kappa shape index (κ3) is 17.1. The van der Waals surface area contributed by atoms with E-state index in [0.29, 0.717) is 24.0 Å². The summed E-state index contributed by atoms with van der Waals surface area (Å²) in [5, 5.41) is 50.5. The molecule has 4 aromatic rings. The van der Waals surface area contributed by atoms with Gasteiger partial charge in [-0.15, -0.1) is 0 Å². The molecule has 1 aliphatic heterocycles. The molecule has 1 aliphatic rings. The minimum Gasteiger partial charge on any atom is -0.394 e. The molecule has 1 fully saturated rings. The molecule has 0 radical (unpaired) electrons. The number of para-hydroxylation sites is 1. The number of carbonyl (C=O) groups excluding carboxylic acids is 7. The Kier molecular flexibility index (Phi) is 22.2. The zero-order chi connectivity index (χ0) is 51.5. The zero-order valence-electron chi connectivity index (χ0n) is 39.7. The Morgan fingerprint density at radius 3 is 1.96 bits per heavy atom. The highest BCUT2D eigenvalue weighted by molar-refractivity contribution is 8.76. The van der Waals surface area contributed by atoms with E-state index in [2.05, 4.69) is 42.2 Å². The number of rotatable bonds is 17. The molecule has 22 heteroatoms. The van der Waals surface area contributed by atoms with Gasteiger partial charge in [0, 0.05) is 41.4 Å². The summed E-state index contributed by atoms with van der Waals surface area (Å²) < 4.78 is 0. The van der Waals surface area contributed by atoms with Crippen molar-refractivity contribution < 1.29 is 48.9 Å². The number of hydrogen-bond donors (Lipinski definition) is 13. The molecule has 20 nitrogen and oxygen atoms in total. The lowest BCUT2D eigenvalue weighted by atomic mass is 10.0. The van der Waals surface area contributed by atoms with Crippen LogP contribution in [0.4, 0.5) is 0 Å². The smallest absolute Gasteiger partial charge is 0.245 e. The van der Waals surface area contributed by atoms with E-state index in [1.807, 2.05) is 30.3 Å². The molecule has 0 bridgehead atoms. The maximum absolute atomic E-state index is 14.7. The van der Waals surface area contributed by atoms with Crippen molar-refractivity contribution in [1.29, 1.82) is 0 Å². The number of amides is 7. The highest BCUT2D eigenvalue weighted by Gasteiger charge is 2.36. The first-order chi connectivity index (χ1) is 34.1. The Bertz CT molecular complexity index is 2400. The number of benzene rings is 3. The summed E-state index contributed by atoms with van der Waals surface area (Å²) in [6.07, 6.45) is -0.156. The molecule has 15 N–H and O–H groups in total. The molecule has 384 valence electrons. The number of fused-ring (bicyclic) bond motifs is 1. The van der Waals surface area contributed by atoms with E-state index in [1.54, 1.807) is 60.8 Å². The van der Waals surface area contributed by atoms with Gasteiger partial charge in [0.2, 0.25) is 41.4 Å². The number of aromatic amines is 1. The molecule has 10 atom stereocenters. The van der Waals surface area contributed by atoms with Crippen molar-refractivity contribution in [3.63, 3.8) is 0 Å². The summed E-state index contributed by atoms with van der Waals surface area (Å²) in [6, 6.07) is 14.6. The van der Waals surface area contributed by atoms with E-state index in [0.717, 1.165) is 38.1 Å². The average Bonchev–Trinajstić information content (AvgIpc) is 3.76. The molecular weight excluding hydrogens is 953 g/mol. The van der Waals surface area contributed by atoms with E-state index in [4.69, 9.17) is 11.5 Å². The molecule has 7 amide bonds. The number of aromatic nitrogens is 1. The highest BCUT2D eigenvalue weighted by atomic mass is 33.1. The van der Waals surface area contributed by atoms with Crippen molar-refractivity contribution in [3.8, 4) is 0 Å². The number of nitrogens with one attached hydrogen (secondary N) is 8. The standard InChI is InChI=1S/C49H66N10O10S2/c1-28(61)39(25-60)56-48(68)41-27-71-70-26-40(57-43(63)34(51)21-30-13-5-3-6-14-30)47(67)54-37(22-31-15-7-4-8-16-31)45(65)55-38(23-32-24-52-35-18-10-9-17-33(32)35)46(66)53-36(19-11-12-20-50)44(64)59-42(29(2)62)49(69)58-41/h3-10,13-18,24,28-29,34,36-42,52,60-62H,11-12,19-23,25-27,50-51H2,1-2H3,(H,53,66)(H,54,67)(H,55,65)(H,56,68)(H,57,63)(H,58,69)(H,59,64)/t28?,29-,34?,36?,37?,38-,39-,40+,41+,42?/m1/s1. The molecule has 1 saturated heterocycles. The van der Waals surface area contributed by atoms with Crippen molar-refractivity contribution in [3.05, 3.63) is 108 Å². The second kappa shape index (κ2) is 28.1. The second-order valence-electron chi connectivity index (χ2n) is 17.5. The van der Waals surface area contributed by atoms with Gasteiger partial charge in [0.1, 0.15) is 36.3 Å². The molecule has 5 rings (SSSR count). The van der Waals surface area contributed by atoms with Gasteiger partial charge in [-0.1, -0.05) is 100 Å². The third-order valence-electron chi connectivity index (χ3n) is 11.9. The summed E-state index contributed by atoms with van der Waals surface area (Å²) in [6.45, 7) is 2.23. The van der Waals surface area contributed by atoms with Crippen LogP contribution in [-0.4, -0.2) is 147 Å². The second-order valence-corrected chi connectivity index (χ2v) is 20.0. The van der Waals surface area contributed by atoms with Gasteiger partial charge >= 0.3 is 0 Å². The van der Waals surface area contributed by atoms with Crippen LogP contribution in [0.1, 0.15) is 49.8 Å². The summed E-state index contributed by atoms with van der Waals surface area (Å²) in [7, 11) is 2.06. The lowest BCUT2D eigenvalue weighted by Crippen LogP contribution is -2.62. The van der Waals surface area contributed by atoms with Crippen molar-refractivity contribution in [2.75, 3.05) is 24.7 Å². The fourth-order valence-electron chi connectivity index (χ4n) is 7.73. The zero-order valence-corrected chi connectivity index (χ0v) is 41.3. The lowest BCUT2D eigenvalue weighted by Gasteiger charge is -2.29. The Balaban J connectivity index is 1.56. The SMILES string of the molecule is CC(O)[C@@H](CO)NC(=O)[C@@H]1CSSC[C@H](NC(=O)C(N)Cc2ccccc2)C(=O)NC(Cc2ccccc2)C(=O)N[C@H](Cc2c[nH]c3ccccc23)C(=O)NC(CCCCN)C(=O)NC([C@@H](C)O)C(=O)N1. The number of carbonyl (C=O) groups is 7. The fraction of sp³-hybridized carbons (Fsp3) is 0.449. The molecule has 1 aromatic heterocycles.